The molecule has 9 nitrogen and oxygen atoms in total. The van der Waals surface area contributed by atoms with Crippen molar-refractivity contribution in [3.8, 4) is 11.1 Å². The Morgan fingerprint density at radius 3 is 2.55 bits per heavy atom. The predicted octanol–water partition coefficient (Wildman–Crippen LogP) is 6.13. The standard InChI is InChI=1S/C28H39N5O4Si/c1-28(2,3)37-27(35)32(4)24-20(9-8-14-29-24)22-17-33(18-36-15-16-38(5,6)7)25-21(22)12-13-23(30-25)31-26(34)19-10-11-19/h8-9,12-14,17,19H,10-11,15-16,18H2,1-7H3,(H,30,31,34). The first-order valence-corrected chi connectivity index (χ1v) is 16.8. The van der Waals surface area contributed by atoms with Crippen molar-refractivity contribution in [2.45, 2.75) is 71.6 Å². The molecule has 0 atom stereocenters. The molecule has 10 heteroatoms. The lowest BCUT2D eigenvalue weighted by Gasteiger charge is -2.25. The number of hydrogen-bond donors (Lipinski definition) is 1. The van der Waals surface area contributed by atoms with Crippen LogP contribution >= 0.6 is 0 Å². The second-order valence-electron chi connectivity index (χ2n) is 12.1. The average Bonchev–Trinajstić information content (AvgIpc) is 3.62. The van der Waals surface area contributed by atoms with Crippen LogP contribution in [0.3, 0.4) is 0 Å². The number of carbonyl (C=O) groups excluding carboxylic acids is 2. The van der Waals surface area contributed by atoms with Gasteiger partial charge in [-0.05, 0) is 63.9 Å². The number of ether oxygens (including phenoxy) is 2. The lowest BCUT2D eigenvalue weighted by atomic mass is 10.1. The van der Waals surface area contributed by atoms with Gasteiger partial charge in [-0.1, -0.05) is 19.6 Å². The molecule has 38 heavy (non-hydrogen) atoms. The topological polar surface area (TPSA) is 98.6 Å². The van der Waals surface area contributed by atoms with Crippen molar-refractivity contribution < 1.29 is 19.1 Å². The first kappa shape index (κ1) is 27.8. The summed E-state index contributed by atoms with van der Waals surface area (Å²) in [4.78, 5) is 36.0. The van der Waals surface area contributed by atoms with Crippen LogP contribution in [0.1, 0.15) is 33.6 Å². The number of aromatic nitrogens is 3. The summed E-state index contributed by atoms with van der Waals surface area (Å²) in [6.45, 7) is 13.5. The van der Waals surface area contributed by atoms with E-state index in [-0.39, 0.29) is 11.8 Å². The first-order valence-electron chi connectivity index (χ1n) is 13.1. The highest BCUT2D eigenvalue weighted by Gasteiger charge is 2.30. The highest BCUT2D eigenvalue weighted by molar-refractivity contribution is 6.76. The zero-order chi connectivity index (χ0) is 27.7. The lowest BCUT2D eigenvalue weighted by molar-refractivity contribution is -0.117. The number of carbonyl (C=O) groups is 2. The SMILES string of the molecule is CN(C(=O)OC(C)(C)C)c1ncccc1-c1cn(COCC[Si](C)(C)C)c2nc(NC(=O)C3CC3)ccc12. The minimum atomic E-state index is -1.23. The maximum Gasteiger partial charge on any atom is 0.415 e. The van der Waals surface area contributed by atoms with Crippen LogP contribution in [0.15, 0.2) is 36.7 Å². The zero-order valence-electron chi connectivity index (χ0n) is 23.5. The lowest BCUT2D eigenvalue weighted by Crippen LogP contribution is -2.34. The maximum absolute atomic E-state index is 12.9. The Balaban J connectivity index is 1.71. The van der Waals surface area contributed by atoms with E-state index < -0.39 is 19.8 Å². The van der Waals surface area contributed by atoms with E-state index in [1.807, 2.05) is 55.8 Å². The number of rotatable bonds is 9. The van der Waals surface area contributed by atoms with Crippen molar-refractivity contribution in [2.75, 3.05) is 23.9 Å². The number of fused-ring (bicyclic) bond motifs is 1. The third-order valence-corrected chi connectivity index (χ3v) is 7.91. The summed E-state index contributed by atoms with van der Waals surface area (Å²) in [6.07, 6.45) is 4.99. The summed E-state index contributed by atoms with van der Waals surface area (Å²) in [5.41, 5.74) is 1.69. The number of nitrogens with one attached hydrogen (secondary N) is 1. The second kappa shape index (κ2) is 10.9. The molecule has 2 amide bonds. The predicted molar refractivity (Wildman–Crippen MR) is 153 cm³/mol. The molecule has 0 spiro atoms. The van der Waals surface area contributed by atoms with Gasteiger partial charge in [0, 0.05) is 56.6 Å². The van der Waals surface area contributed by atoms with Crippen LogP contribution in [-0.4, -0.2) is 53.9 Å². The van der Waals surface area contributed by atoms with Gasteiger partial charge < -0.3 is 19.4 Å². The number of hydrogen-bond acceptors (Lipinski definition) is 6. The van der Waals surface area contributed by atoms with Gasteiger partial charge in [-0.2, -0.15) is 0 Å². The summed E-state index contributed by atoms with van der Waals surface area (Å²) < 4.78 is 13.6. The van der Waals surface area contributed by atoms with Gasteiger partial charge in [0.1, 0.15) is 29.6 Å². The molecule has 0 radical (unpaired) electrons. The number of anilines is 2. The van der Waals surface area contributed by atoms with Gasteiger partial charge in [0.25, 0.3) is 0 Å². The molecule has 4 rings (SSSR count). The molecule has 0 unspecified atom stereocenters. The van der Waals surface area contributed by atoms with Gasteiger partial charge in [0.15, 0.2) is 0 Å². The van der Waals surface area contributed by atoms with E-state index >= 15 is 0 Å². The Hall–Kier alpha value is -3.24. The number of nitrogens with zero attached hydrogens (tertiary/aromatic N) is 4. The van der Waals surface area contributed by atoms with Gasteiger partial charge in [-0.3, -0.25) is 9.69 Å². The first-order chi connectivity index (χ1) is 17.8. The molecule has 1 aliphatic rings. The molecule has 3 aromatic heterocycles. The van der Waals surface area contributed by atoms with Crippen molar-refractivity contribution in [1.29, 1.82) is 0 Å². The van der Waals surface area contributed by atoms with E-state index in [1.165, 1.54) is 4.90 Å². The molecule has 0 aliphatic heterocycles. The smallest absolute Gasteiger partial charge is 0.415 e. The van der Waals surface area contributed by atoms with E-state index in [9.17, 15) is 9.59 Å². The highest BCUT2D eigenvalue weighted by atomic mass is 28.3. The van der Waals surface area contributed by atoms with Gasteiger partial charge >= 0.3 is 6.09 Å². The van der Waals surface area contributed by atoms with Crippen LogP contribution in [0.25, 0.3) is 22.2 Å². The van der Waals surface area contributed by atoms with Gasteiger partial charge in [0.05, 0.1) is 0 Å². The van der Waals surface area contributed by atoms with E-state index in [0.29, 0.717) is 30.6 Å². The second-order valence-corrected chi connectivity index (χ2v) is 17.7. The minimum Gasteiger partial charge on any atom is -0.443 e. The van der Waals surface area contributed by atoms with E-state index in [4.69, 9.17) is 14.5 Å². The molecular formula is C28H39N5O4Si. The van der Waals surface area contributed by atoms with Gasteiger partial charge in [-0.25, -0.2) is 14.8 Å². The van der Waals surface area contributed by atoms with E-state index in [1.54, 1.807) is 13.2 Å². The zero-order valence-corrected chi connectivity index (χ0v) is 24.5. The molecule has 1 saturated carbocycles. The van der Waals surface area contributed by atoms with Gasteiger partial charge in [-0.15, -0.1) is 0 Å². The summed E-state index contributed by atoms with van der Waals surface area (Å²) in [5, 5.41) is 3.82. The average molecular weight is 538 g/mol. The van der Waals surface area contributed by atoms with Crippen molar-refractivity contribution in [2.24, 2.45) is 5.92 Å². The van der Waals surface area contributed by atoms with Gasteiger partial charge in [0.2, 0.25) is 5.91 Å². The number of amides is 2. The van der Waals surface area contributed by atoms with Crippen LogP contribution in [0.5, 0.6) is 0 Å². The quantitative estimate of drug-likeness (QED) is 0.260. The molecule has 0 aromatic carbocycles. The van der Waals surface area contributed by atoms with Crippen LogP contribution in [0.4, 0.5) is 16.4 Å². The Bertz CT molecular complexity index is 1320. The van der Waals surface area contributed by atoms with Crippen molar-refractivity contribution >= 4 is 42.7 Å². The Labute approximate surface area is 225 Å². The summed E-state index contributed by atoms with van der Waals surface area (Å²) >= 11 is 0. The Kier molecular flexibility index (Phi) is 7.94. The number of pyridine rings is 2. The van der Waals surface area contributed by atoms with Crippen molar-refractivity contribution in [1.82, 2.24) is 14.5 Å². The summed E-state index contributed by atoms with van der Waals surface area (Å²) in [7, 11) is 0.423. The maximum atomic E-state index is 12.9. The summed E-state index contributed by atoms with van der Waals surface area (Å²) in [6, 6.07) is 8.59. The van der Waals surface area contributed by atoms with E-state index in [2.05, 4.69) is 29.9 Å². The highest BCUT2D eigenvalue weighted by Crippen LogP contribution is 2.36. The monoisotopic (exact) mass is 537 g/mol. The molecule has 0 bridgehead atoms. The van der Waals surface area contributed by atoms with Crippen LogP contribution in [0.2, 0.25) is 25.7 Å². The molecule has 0 saturated heterocycles. The Morgan fingerprint density at radius 1 is 1.16 bits per heavy atom. The molecule has 204 valence electrons. The molecule has 1 aliphatic carbocycles. The van der Waals surface area contributed by atoms with E-state index in [0.717, 1.165) is 35.4 Å². The Morgan fingerprint density at radius 2 is 1.89 bits per heavy atom. The minimum absolute atomic E-state index is 0.00935. The van der Waals surface area contributed by atoms with Crippen LogP contribution in [0, 0.1) is 5.92 Å². The molecule has 3 heterocycles. The van der Waals surface area contributed by atoms with Crippen LogP contribution in [-0.2, 0) is 21.0 Å². The third kappa shape index (κ3) is 6.99. The fraction of sp³-hybridized carbons (Fsp3) is 0.500. The van der Waals surface area contributed by atoms with Crippen molar-refractivity contribution in [3.63, 3.8) is 0 Å². The van der Waals surface area contributed by atoms with Crippen LogP contribution < -0.4 is 10.2 Å². The molecule has 1 fully saturated rings. The molecule has 1 N–H and O–H groups in total. The fourth-order valence-corrected chi connectivity index (χ4v) is 4.71. The van der Waals surface area contributed by atoms with Crippen molar-refractivity contribution in [3.05, 3.63) is 36.7 Å². The molecular weight excluding hydrogens is 498 g/mol. The molecule has 3 aromatic rings. The summed E-state index contributed by atoms with van der Waals surface area (Å²) in [5.74, 6) is 1.09. The third-order valence-electron chi connectivity index (χ3n) is 6.21. The largest absolute Gasteiger partial charge is 0.443 e. The fourth-order valence-electron chi connectivity index (χ4n) is 3.95. The normalized spacial score (nSPS) is 14.0.